The van der Waals surface area contributed by atoms with E-state index in [1.807, 2.05) is 43.3 Å². The molecule has 1 heterocycles. The molecule has 1 fully saturated rings. The minimum Gasteiger partial charge on any atom is -0.496 e. The van der Waals surface area contributed by atoms with Gasteiger partial charge in [-0.15, -0.1) is 0 Å². The number of piperazine rings is 1. The lowest BCUT2D eigenvalue weighted by Crippen LogP contribution is -2.50. The van der Waals surface area contributed by atoms with Gasteiger partial charge in [-0.2, -0.15) is 4.31 Å². The van der Waals surface area contributed by atoms with Crippen LogP contribution in [0.15, 0.2) is 53.4 Å². The molecule has 174 valence electrons. The van der Waals surface area contributed by atoms with Gasteiger partial charge in [0, 0.05) is 32.6 Å². The van der Waals surface area contributed by atoms with Crippen molar-refractivity contribution in [1.29, 1.82) is 0 Å². The van der Waals surface area contributed by atoms with Crippen molar-refractivity contribution < 1.29 is 17.9 Å². The monoisotopic (exact) mass is 458 g/mol. The first kappa shape index (κ1) is 24.3. The second kappa shape index (κ2) is 10.5. The molecule has 2 unspecified atom stereocenters. The molecule has 1 amide bonds. The number of nitrogens with zero attached hydrogens (tertiary/aromatic N) is 2. The summed E-state index contributed by atoms with van der Waals surface area (Å²) in [4.78, 5) is 14.9. The zero-order valence-electron chi connectivity index (χ0n) is 19.5. The Kier molecular flexibility index (Phi) is 7.96. The smallest absolute Gasteiger partial charge is 0.243 e. The van der Waals surface area contributed by atoms with E-state index in [1.54, 1.807) is 24.1 Å². The predicted molar refractivity (Wildman–Crippen MR) is 127 cm³/mol. The molecule has 0 aromatic heterocycles. The highest BCUT2D eigenvalue weighted by Gasteiger charge is 2.30. The number of amides is 1. The lowest BCUT2D eigenvalue weighted by atomic mass is 9.96. The average Bonchev–Trinajstić information content (AvgIpc) is 2.83. The largest absolute Gasteiger partial charge is 0.496 e. The maximum Gasteiger partial charge on any atom is 0.243 e. The lowest BCUT2D eigenvalue weighted by molar-refractivity contribution is -0.132. The zero-order chi connectivity index (χ0) is 23.3. The van der Waals surface area contributed by atoms with E-state index in [1.165, 1.54) is 4.31 Å². The van der Waals surface area contributed by atoms with Gasteiger partial charge in [-0.1, -0.05) is 51.1 Å². The first-order valence-corrected chi connectivity index (χ1v) is 12.7. The van der Waals surface area contributed by atoms with Crippen molar-refractivity contribution in [3.05, 3.63) is 59.7 Å². The molecule has 0 aliphatic carbocycles. The standard InChI is InChI=1S/C25H34N2O4S/c1-5-19(2)21-10-12-22(13-11-21)32(29,30)27-16-14-26(15-17-27)25(28)18-20(3)23-8-6-7-9-24(23)31-4/h6-13,19-20H,5,14-18H2,1-4H3. The van der Waals surface area contributed by atoms with E-state index in [0.29, 0.717) is 43.4 Å². The number of ether oxygens (including phenoxy) is 1. The molecule has 2 atom stereocenters. The molecule has 6 nitrogen and oxygen atoms in total. The lowest BCUT2D eigenvalue weighted by Gasteiger charge is -2.34. The van der Waals surface area contributed by atoms with Crippen LogP contribution >= 0.6 is 0 Å². The van der Waals surface area contributed by atoms with Crippen LogP contribution in [0.1, 0.15) is 56.6 Å². The SMILES string of the molecule is CCC(C)c1ccc(S(=O)(=O)N2CCN(C(=O)CC(C)c3ccccc3OC)CC2)cc1. The maximum atomic E-state index is 13.1. The number of hydrogen-bond acceptors (Lipinski definition) is 4. The van der Waals surface area contributed by atoms with Gasteiger partial charge in [0.25, 0.3) is 0 Å². The molecule has 1 aliphatic rings. The fourth-order valence-electron chi connectivity index (χ4n) is 4.11. The summed E-state index contributed by atoms with van der Waals surface area (Å²) >= 11 is 0. The van der Waals surface area contributed by atoms with Gasteiger partial charge in [0.2, 0.25) is 15.9 Å². The normalized spacial score (nSPS) is 17.1. The van der Waals surface area contributed by atoms with Crippen molar-refractivity contribution in [2.24, 2.45) is 0 Å². The molecule has 1 saturated heterocycles. The van der Waals surface area contributed by atoms with Gasteiger partial charge in [-0.05, 0) is 47.6 Å². The minimum atomic E-state index is -3.56. The van der Waals surface area contributed by atoms with Gasteiger partial charge in [-0.3, -0.25) is 4.79 Å². The van der Waals surface area contributed by atoms with Gasteiger partial charge >= 0.3 is 0 Å². The van der Waals surface area contributed by atoms with Crippen molar-refractivity contribution in [3.63, 3.8) is 0 Å². The van der Waals surface area contributed by atoms with E-state index in [9.17, 15) is 13.2 Å². The number of methoxy groups -OCH3 is 1. The van der Waals surface area contributed by atoms with Crippen LogP contribution < -0.4 is 4.74 Å². The summed E-state index contributed by atoms with van der Waals surface area (Å²) in [5.41, 5.74) is 2.15. The summed E-state index contributed by atoms with van der Waals surface area (Å²) in [6.45, 7) is 7.69. The molecule has 0 bridgehead atoms. The minimum absolute atomic E-state index is 0.0180. The number of carbonyl (C=O) groups is 1. The van der Waals surface area contributed by atoms with E-state index in [2.05, 4.69) is 13.8 Å². The number of para-hydroxylation sites is 1. The van der Waals surface area contributed by atoms with Gasteiger partial charge in [-0.25, -0.2) is 8.42 Å². The van der Waals surface area contributed by atoms with Crippen molar-refractivity contribution in [3.8, 4) is 5.75 Å². The summed E-state index contributed by atoms with van der Waals surface area (Å²) in [7, 11) is -1.93. The highest BCUT2D eigenvalue weighted by Crippen LogP contribution is 2.29. The van der Waals surface area contributed by atoms with Crippen LogP contribution in [-0.4, -0.2) is 56.8 Å². The molecule has 7 heteroatoms. The quantitative estimate of drug-likeness (QED) is 0.594. The fraction of sp³-hybridized carbons (Fsp3) is 0.480. The third-order valence-electron chi connectivity index (χ3n) is 6.44. The zero-order valence-corrected chi connectivity index (χ0v) is 20.3. The number of carbonyl (C=O) groups excluding carboxylic acids is 1. The summed E-state index contributed by atoms with van der Waals surface area (Å²) in [6, 6.07) is 14.9. The average molecular weight is 459 g/mol. The van der Waals surface area contributed by atoms with Crippen LogP contribution in [0.5, 0.6) is 5.75 Å². The molecule has 0 saturated carbocycles. The Morgan fingerprint density at radius 3 is 2.19 bits per heavy atom. The van der Waals surface area contributed by atoms with E-state index in [-0.39, 0.29) is 11.8 Å². The van der Waals surface area contributed by atoms with Crippen LogP contribution in [-0.2, 0) is 14.8 Å². The predicted octanol–water partition coefficient (Wildman–Crippen LogP) is 4.24. The molecule has 0 radical (unpaired) electrons. The molecular formula is C25H34N2O4S. The highest BCUT2D eigenvalue weighted by atomic mass is 32.2. The Hall–Kier alpha value is -2.38. The maximum absolute atomic E-state index is 13.1. The number of sulfonamides is 1. The fourth-order valence-corrected chi connectivity index (χ4v) is 5.53. The van der Waals surface area contributed by atoms with Crippen LogP contribution in [0.2, 0.25) is 0 Å². The number of rotatable bonds is 8. The van der Waals surface area contributed by atoms with E-state index in [0.717, 1.165) is 23.3 Å². The highest BCUT2D eigenvalue weighted by molar-refractivity contribution is 7.89. The third-order valence-corrected chi connectivity index (χ3v) is 8.35. The first-order chi connectivity index (χ1) is 15.3. The molecule has 1 aliphatic heterocycles. The van der Waals surface area contributed by atoms with Crippen molar-refractivity contribution in [1.82, 2.24) is 9.21 Å². The Bertz CT molecular complexity index is 1010. The van der Waals surface area contributed by atoms with Gasteiger partial charge < -0.3 is 9.64 Å². The topological polar surface area (TPSA) is 66.9 Å². The van der Waals surface area contributed by atoms with Crippen LogP contribution in [0.3, 0.4) is 0 Å². The summed E-state index contributed by atoms with van der Waals surface area (Å²) < 4.78 is 33.0. The van der Waals surface area contributed by atoms with Gasteiger partial charge in [0.05, 0.1) is 12.0 Å². The van der Waals surface area contributed by atoms with Crippen molar-refractivity contribution in [2.75, 3.05) is 33.3 Å². The Morgan fingerprint density at radius 1 is 0.969 bits per heavy atom. The van der Waals surface area contributed by atoms with E-state index in [4.69, 9.17) is 4.74 Å². The summed E-state index contributed by atoms with van der Waals surface area (Å²) in [5.74, 6) is 1.24. The third kappa shape index (κ3) is 5.33. The summed E-state index contributed by atoms with van der Waals surface area (Å²) in [6.07, 6.45) is 1.38. The van der Waals surface area contributed by atoms with Crippen LogP contribution in [0.25, 0.3) is 0 Å². The van der Waals surface area contributed by atoms with Crippen LogP contribution in [0, 0.1) is 0 Å². The second-order valence-corrected chi connectivity index (χ2v) is 10.4. The Balaban J connectivity index is 1.59. The Labute approximate surface area is 192 Å². The molecule has 2 aromatic carbocycles. The van der Waals surface area contributed by atoms with Crippen molar-refractivity contribution >= 4 is 15.9 Å². The number of benzene rings is 2. The second-order valence-electron chi connectivity index (χ2n) is 8.51. The van der Waals surface area contributed by atoms with E-state index >= 15 is 0 Å². The Morgan fingerprint density at radius 2 is 1.59 bits per heavy atom. The van der Waals surface area contributed by atoms with Crippen molar-refractivity contribution in [2.45, 2.75) is 50.3 Å². The first-order valence-electron chi connectivity index (χ1n) is 11.3. The molecule has 2 aromatic rings. The molecule has 0 spiro atoms. The molecule has 32 heavy (non-hydrogen) atoms. The van der Waals surface area contributed by atoms with Gasteiger partial charge in [0.1, 0.15) is 5.75 Å². The molecule has 0 N–H and O–H groups in total. The molecule has 3 rings (SSSR count). The van der Waals surface area contributed by atoms with Gasteiger partial charge in [0.15, 0.2) is 0 Å². The van der Waals surface area contributed by atoms with E-state index < -0.39 is 10.0 Å². The number of hydrogen-bond donors (Lipinski definition) is 0. The molecular weight excluding hydrogens is 424 g/mol. The summed E-state index contributed by atoms with van der Waals surface area (Å²) in [5, 5.41) is 0. The van der Waals surface area contributed by atoms with Crippen LogP contribution in [0.4, 0.5) is 0 Å².